The lowest BCUT2D eigenvalue weighted by atomic mass is 10.1. The van der Waals surface area contributed by atoms with Crippen molar-refractivity contribution in [1.82, 2.24) is 9.97 Å². The lowest BCUT2D eigenvalue weighted by molar-refractivity contribution is -0.137. The molecule has 1 N–H and O–H groups in total. The van der Waals surface area contributed by atoms with Gasteiger partial charge in [-0.25, -0.2) is 9.97 Å². The van der Waals surface area contributed by atoms with E-state index in [4.69, 9.17) is 0 Å². The first-order chi connectivity index (χ1) is 11.4. The molecule has 126 valence electrons. The largest absolute Gasteiger partial charge is 0.416 e. The highest BCUT2D eigenvalue weighted by Crippen LogP contribution is 2.29. The van der Waals surface area contributed by atoms with E-state index in [1.165, 1.54) is 6.33 Å². The molecule has 0 unspecified atom stereocenters. The van der Waals surface area contributed by atoms with Gasteiger partial charge < -0.3 is 10.2 Å². The molecule has 1 aromatic carbocycles. The Hall–Kier alpha value is -2.64. The van der Waals surface area contributed by atoms with E-state index in [2.05, 4.69) is 20.2 Å². The Kier molecular flexibility index (Phi) is 4.37. The van der Waals surface area contributed by atoms with Gasteiger partial charge in [0.1, 0.15) is 18.0 Å². The summed E-state index contributed by atoms with van der Waals surface area (Å²) in [4.78, 5) is 22.4. The van der Waals surface area contributed by atoms with Gasteiger partial charge in [0.05, 0.1) is 5.56 Å². The van der Waals surface area contributed by atoms with Crippen LogP contribution in [-0.2, 0) is 6.18 Å². The number of nitrogens with zero attached hydrogens (tertiary/aromatic N) is 3. The molecule has 5 nitrogen and oxygen atoms in total. The highest BCUT2D eigenvalue weighted by Gasteiger charge is 2.30. The Labute approximate surface area is 136 Å². The molecule has 1 amide bonds. The van der Waals surface area contributed by atoms with Gasteiger partial charge >= 0.3 is 6.18 Å². The molecule has 0 saturated carbocycles. The molecule has 1 aromatic heterocycles. The van der Waals surface area contributed by atoms with Gasteiger partial charge in [0.25, 0.3) is 5.91 Å². The maximum atomic E-state index is 12.5. The maximum Gasteiger partial charge on any atom is 0.416 e. The summed E-state index contributed by atoms with van der Waals surface area (Å²) in [5.74, 6) is 0.525. The zero-order valence-corrected chi connectivity index (χ0v) is 12.7. The summed E-state index contributed by atoms with van der Waals surface area (Å²) >= 11 is 0. The quantitative estimate of drug-likeness (QED) is 0.934. The van der Waals surface area contributed by atoms with Crippen LogP contribution in [0.5, 0.6) is 0 Å². The van der Waals surface area contributed by atoms with Gasteiger partial charge in [0.15, 0.2) is 0 Å². The van der Waals surface area contributed by atoms with Gasteiger partial charge in [0.2, 0.25) is 0 Å². The number of anilines is 2. The summed E-state index contributed by atoms with van der Waals surface area (Å²) < 4.78 is 37.6. The summed E-state index contributed by atoms with van der Waals surface area (Å²) in [6.07, 6.45) is -0.878. The van der Waals surface area contributed by atoms with Crippen LogP contribution in [0, 0.1) is 0 Å². The van der Waals surface area contributed by atoms with Crippen molar-refractivity contribution < 1.29 is 18.0 Å². The van der Waals surface area contributed by atoms with E-state index in [9.17, 15) is 18.0 Å². The average molecular weight is 336 g/mol. The fourth-order valence-corrected chi connectivity index (χ4v) is 2.53. The Morgan fingerprint density at radius 1 is 1.08 bits per heavy atom. The van der Waals surface area contributed by atoms with E-state index in [1.54, 1.807) is 6.07 Å². The average Bonchev–Trinajstić information content (AvgIpc) is 3.09. The Bertz CT molecular complexity index is 725. The van der Waals surface area contributed by atoms with Crippen molar-refractivity contribution in [3.05, 3.63) is 47.8 Å². The second-order valence-electron chi connectivity index (χ2n) is 5.48. The van der Waals surface area contributed by atoms with Gasteiger partial charge in [-0.2, -0.15) is 13.2 Å². The van der Waals surface area contributed by atoms with Crippen LogP contribution in [0.4, 0.5) is 24.8 Å². The second-order valence-corrected chi connectivity index (χ2v) is 5.48. The third-order valence-corrected chi connectivity index (χ3v) is 3.80. The van der Waals surface area contributed by atoms with Crippen molar-refractivity contribution in [3.63, 3.8) is 0 Å². The minimum absolute atomic E-state index is 0.129. The number of nitrogens with one attached hydrogen (secondary N) is 1. The van der Waals surface area contributed by atoms with Crippen LogP contribution in [0.15, 0.2) is 36.7 Å². The number of aromatic nitrogens is 2. The molecular formula is C16H15F3N4O. The topological polar surface area (TPSA) is 58.1 Å². The number of carbonyl (C=O) groups is 1. The van der Waals surface area contributed by atoms with Crippen LogP contribution >= 0.6 is 0 Å². The maximum absolute atomic E-state index is 12.5. The molecule has 0 spiro atoms. The number of carbonyl (C=O) groups excluding carboxylic acids is 1. The normalized spacial score (nSPS) is 14.7. The van der Waals surface area contributed by atoms with Crippen LogP contribution in [0.25, 0.3) is 0 Å². The summed E-state index contributed by atoms with van der Waals surface area (Å²) in [7, 11) is 0. The molecule has 0 bridgehead atoms. The van der Waals surface area contributed by atoms with Crippen molar-refractivity contribution in [2.24, 2.45) is 0 Å². The van der Waals surface area contributed by atoms with Gasteiger partial charge in [0, 0.05) is 24.7 Å². The molecule has 8 heteroatoms. The molecule has 0 aliphatic carbocycles. The molecule has 3 rings (SSSR count). The van der Waals surface area contributed by atoms with E-state index < -0.39 is 17.6 Å². The number of amides is 1. The third-order valence-electron chi connectivity index (χ3n) is 3.80. The first-order valence-electron chi connectivity index (χ1n) is 7.49. The van der Waals surface area contributed by atoms with Crippen molar-refractivity contribution in [1.29, 1.82) is 0 Å². The van der Waals surface area contributed by atoms with Gasteiger partial charge in [-0.1, -0.05) is 0 Å². The molecule has 1 saturated heterocycles. The van der Waals surface area contributed by atoms with E-state index in [-0.39, 0.29) is 5.56 Å². The van der Waals surface area contributed by atoms with Crippen molar-refractivity contribution in [2.75, 3.05) is 23.3 Å². The van der Waals surface area contributed by atoms with Gasteiger partial charge in [-0.05, 0) is 37.1 Å². The standard InChI is InChI=1S/C16H15F3N4O/c17-16(18,19)12-5-3-11(4-6-12)15(24)22-13-9-14(21-10-20-13)23-7-1-2-8-23/h3-6,9-10H,1-2,7-8H2,(H,20,21,22,24). The molecule has 2 heterocycles. The van der Waals surface area contributed by atoms with Crippen LogP contribution in [0.1, 0.15) is 28.8 Å². The highest BCUT2D eigenvalue weighted by atomic mass is 19.4. The number of hydrogen-bond acceptors (Lipinski definition) is 4. The smallest absolute Gasteiger partial charge is 0.356 e. The van der Waals surface area contributed by atoms with Gasteiger partial charge in [-0.15, -0.1) is 0 Å². The van der Waals surface area contributed by atoms with E-state index in [1.807, 2.05) is 0 Å². The van der Waals surface area contributed by atoms with Crippen LogP contribution < -0.4 is 10.2 Å². The van der Waals surface area contributed by atoms with Gasteiger partial charge in [-0.3, -0.25) is 4.79 Å². The first kappa shape index (κ1) is 16.2. The summed E-state index contributed by atoms with van der Waals surface area (Å²) in [6.45, 7) is 1.81. The predicted molar refractivity (Wildman–Crippen MR) is 82.9 cm³/mol. The molecule has 24 heavy (non-hydrogen) atoms. The third kappa shape index (κ3) is 3.64. The summed E-state index contributed by atoms with van der Waals surface area (Å²) in [6, 6.07) is 5.70. The predicted octanol–water partition coefficient (Wildman–Crippen LogP) is 3.35. The number of rotatable bonds is 3. The molecule has 1 fully saturated rings. The molecule has 0 radical (unpaired) electrons. The van der Waals surface area contributed by atoms with E-state index in [0.29, 0.717) is 5.82 Å². The van der Waals surface area contributed by atoms with Crippen molar-refractivity contribution >= 4 is 17.5 Å². The van der Waals surface area contributed by atoms with E-state index >= 15 is 0 Å². The molecule has 0 atom stereocenters. The first-order valence-corrected chi connectivity index (χ1v) is 7.49. The number of hydrogen-bond donors (Lipinski definition) is 1. The Morgan fingerprint density at radius 2 is 1.75 bits per heavy atom. The number of benzene rings is 1. The van der Waals surface area contributed by atoms with E-state index in [0.717, 1.165) is 56.0 Å². The summed E-state index contributed by atoms with van der Waals surface area (Å²) in [5, 5.41) is 2.58. The molecular weight excluding hydrogens is 321 g/mol. The zero-order valence-electron chi connectivity index (χ0n) is 12.7. The highest BCUT2D eigenvalue weighted by molar-refractivity contribution is 6.03. The van der Waals surface area contributed by atoms with Crippen LogP contribution in [0.3, 0.4) is 0 Å². The molecule has 2 aromatic rings. The van der Waals surface area contributed by atoms with Crippen molar-refractivity contribution in [2.45, 2.75) is 19.0 Å². The summed E-state index contributed by atoms with van der Waals surface area (Å²) in [5.41, 5.74) is -0.665. The number of alkyl halides is 3. The SMILES string of the molecule is O=C(Nc1cc(N2CCCC2)ncn1)c1ccc(C(F)(F)F)cc1. The minimum atomic E-state index is -4.42. The lowest BCUT2D eigenvalue weighted by Gasteiger charge is -2.16. The fourth-order valence-electron chi connectivity index (χ4n) is 2.53. The van der Waals surface area contributed by atoms with Crippen LogP contribution in [0.2, 0.25) is 0 Å². The molecule has 1 aliphatic rings. The van der Waals surface area contributed by atoms with Crippen molar-refractivity contribution in [3.8, 4) is 0 Å². The Morgan fingerprint density at radius 3 is 2.38 bits per heavy atom. The minimum Gasteiger partial charge on any atom is -0.356 e. The fraction of sp³-hybridized carbons (Fsp3) is 0.312. The lowest BCUT2D eigenvalue weighted by Crippen LogP contribution is -2.20. The Balaban J connectivity index is 1.71. The zero-order chi connectivity index (χ0) is 17.2. The molecule has 1 aliphatic heterocycles. The second kappa shape index (κ2) is 6.46. The monoisotopic (exact) mass is 336 g/mol. The van der Waals surface area contributed by atoms with Crippen LogP contribution in [-0.4, -0.2) is 29.0 Å². The number of halogens is 3.